The highest BCUT2D eigenvalue weighted by Crippen LogP contribution is 2.26. The van der Waals surface area contributed by atoms with Crippen LogP contribution in [0.2, 0.25) is 0 Å². The zero-order valence-corrected chi connectivity index (χ0v) is 19.2. The summed E-state index contributed by atoms with van der Waals surface area (Å²) in [5.41, 5.74) is 5.63. The van der Waals surface area contributed by atoms with Crippen LogP contribution in [0.15, 0.2) is 42.6 Å². The first-order valence-electron chi connectivity index (χ1n) is 11.2. The second-order valence-corrected chi connectivity index (χ2v) is 8.66. The molecule has 5 nitrogen and oxygen atoms in total. The normalized spacial score (nSPS) is 15.3. The second kappa shape index (κ2) is 9.55. The van der Waals surface area contributed by atoms with Gasteiger partial charge in [-0.3, -0.25) is 9.88 Å². The lowest BCUT2D eigenvalue weighted by Gasteiger charge is -2.35. The fourth-order valence-corrected chi connectivity index (χ4v) is 4.47. The summed E-state index contributed by atoms with van der Waals surface area (Å²) in [5.74, 6) is 3.32. The summed E-state index contributed by atoms with van der Waals surface area (Å²) >= 11 is 0. The smallest absolute Gasteiger partial charge is 0.0949 e. The van der Waals surface area contributed by atoms with Crippen molar-refractivity contribution in [3.05, 3.63) is 59.5 Å². The zero-order chi connectivity index (χ0) is 21.8. The van der Waals surface area contributed by atoms with E-state index in [0.29, 0.717) is 6.04 Å². The molecule has 31 heavy (non-hydrogen) atoms. The number of nitrogens with one attached hydrogen (secondary N) is 1. The molecular formula is C26H33N5. The first-order valence-corrected chi connectivity index (χ1v) is 11.2. The summed E-state index contributed by atoms with van der Waals surface area (Å²) in [5, 5.41) is 4.48. The number of hydrogen-bond acceptors (Lipinski definition) is 4. The van der Waals surface area contributed by atoms with E-state index < -0.39 is 0 Å². The molecule has 0 bridgehead atoms. The number of aryl methyl sites for hydroxylation is 2. The lowest BCUT2D eigenvalue weighted by atomic mass is 10.0. The molecule has 1 aliphatic heterocycles. The Hall–Kier alpha value is -2.81. The van der Waals surface area contributed by atoms with E-state index in [4.69, 9.17) is 0 Å². The predicted molar refractivity (Wildman–Crippen MR) is 129 cm³/mol. The van der Waals surface area contributed by atoms with Gasteiger partial charge in [0.15, 0.2) is 0 Å². The highest BCUT2D eigenvalue weighted by Gasteiger charge is 2.21. The summed E-state index contributed by atoms with van der Waals surface area (Å²) in [6, 6.07) is 16.7. The molecule has 0 unspecified atom stereocenters. The van der Waals surface area contributed by atoms with Crippen molar-refractivity contribution in [3.63, 3.8) is 0 Å². The van der Waals surface area contributed by atoms with Crippen molar-refractivity contribution >= 4 is 16.6 Å². The molecule has 0 aliphatic carbocycles. The van der Waals surface area contributed by atoms with Gasteiger partial charge in [0.1, 0.15) is 0 Å². The van der Waals surface area contributed by atoms with Crippen LogP contribution in [-0.2, 0) is 13.1 Å². The van der Waals surface area contributed by atoms with Crippen molar-refractivity contribution in [1.29, 1.82) is 0 Å². The Balaban J connectivity index is 1.54. The minimum Gasteiger partial charge on any atom is -0.334 e. The maximum atomic E-state index is 4.31. The minimum atomic E-state index is 0.714. The molecule has 1 saturated heterocycles. The SMILES string of the molecule is CCn1c(C#CNc2ccc(C)nc2)cc2c(CN3CCC(N(C)C)CC3)cccc21. The van der Waals surface area contributed by atoms with Crippen LogP contribution in [0.5, 0.6) is 0 Å². The number of anilines is 1. The Labute approximate surface area is 186 Å². The molecule has 1 aliphatic rings. The number of nitrogens with zero attached hydrogens (tertiary/aromatic N) is 4. The number of rotatable bonds is 5. The van der Waals surface area contributed by atoms with E-state index in [-0.39, 0.29) is 0 Å². The van der Waals surface area contributed by atoms with Crippen LogP contribution in [0.1, 0.15) is 36.7 Å². The van der Waals surface area contributed by atoms with Crippen molar-refractivity contribution < 1.29 is 0 Å². The Morgan fingerprint density at radius 1 is 1.16 bits per heavy atom. The van der Waals surface area contributed by atoms with Gasteiger partial charge in [-0.05, 0) is 89.6 Å². The van der Waals surface area contributed by atoms with Crippen LogP contribution in [0.25, 0.3) is 10.9 Å². The van der Waals surface area contributed by atoms with Gasteiger partial charge >= 0.3 is 0 Å². The van der Waals surface area contributed by atoms with E-state index in [2.05, 4.69) is 81.9 Å². The standard InChI is InChI=1S/C26H33N5/c1-5-31-24(11-14-27-22-10-9-20(2)28-18-22)17-25-21(7-6-8-26(25)31)19-30-15-12-23(13-16-30)29(3)4/h6-10,17-18,23,27H,5,12-13,15-16,19H2,1-4H3. The van der Waals surface area contributed by atoms with Gasteiger partial charge in [0, 0.05) is 41.8 Å². The van der Waals surface area contributed by atoms with Gasteiger partial charge in [-0.2, -0.15) is 0 Å². The molecule has 3 aromatic rings. The number of benzene rings is 1. The van der Waals surface area contributed by atoms with Gasteiger partial charge in [-0.25, -0.2) is 0 Å². The average molecular weight is 416 g/mol. The van der Waals surface area contributed by atoms with Crippen LogP contribution in [0, 0.1) is 18.9 Å². The maximum absolute atomic E-state index is 4.31. The fourth-order valence-electron chi connectivity index (χ4n) is 4.47. The molecule has 0 saturated carbocycles. The van der Waals surface area contributed by atoms with Crippen LogP contribution in [0.4, 0.5) is 5.69 Å². The number of hydrogen-bond donors (Lipinski definition) is 1. The molecule has 0 atom stereocenters. The largest absolute Gasteiger partial charge is 0.334 e. The van der Waals surface area contributed by atoms with E-state index in [1.807, 2.05) is 25.3 Å². The quantitative estimate of drug-likeness (QED) is 0.498. The molecule has 1 aromatic carbocycles. The highest BCUT2D eigenvalue weighted by atomic mass is 15.2. The lowest BCUT2D eigenvalue weighted by Crippen LogP contribution is -2.41. The van der Waals surface area contributed by atoms with Crippen molar-refractivity contribution in [2.75, 3.05) is 32.5 Å². The van der Waals surface area contributed by atoms with Crippen molar-refractivity contribution in [1.82, 2.24) is 19.4 Å². The Morgan fingerprint density at radius 2 is 1.97 bits per heavy atom. The van der Waals surface area contributed by atoms with Crippen molar-refractivity contribution in [2.24, 2.45) is 0 Å². The number of piperidine rings is 1. The summed E-state index contributed by atoms with van der Waals surface area (Å²) in [7, 11) is 4.39. The molecule has 1 N–H and O–H groups in total. The Bertz CT molecular complexity index is 1080. The average Bonchev–Trinajstić information content (AvgIpc) is 3.14. The van der Waals surface area contributed by atoms with Gasteiger partial charge in [-0.1, -0.05) is 12.1 Å². The molecule has 4 rings (SSSR count). The highest BCUT2D eigenvalue weighted by molar-refractivity contribution is 5.86. The van der Waals surface area contributed by atoms with Gasteiger partial charge < -0.3 is 14.8 Å². The van der Waals surface area contributed by atoms with Crippen LogP contribution in [0.3, 0.4) is 0 Å². The number of fused-ring (bicyclic) bond motifs is 1. The molecule has 1 fully saturated rings. The van der Waals surface area contributed by atoms with Crippen LogP contribution < -0.4 is 5.32 Å². The van der Waals surface area contributed by atoms with Crippen molar-refractivity contribution in [2.45, 2.75) is 45.8 Å². The Kier molecular flexibility index (Phi) is 6.60. The summed E-state index contributed by atoms with van der Waals surface area (Å²) in [6.07, 6.45) is 4.31. The van der Waals surface area contributed by atoms with E-state index in [9.17, 15) is 0 Å². The zero-order valence-electron chi connectivity index (χ0n) is 19.2. The minimum absolute atomic E-state index is 0.714. The van der Waals surface area contributed by atoms with Crippen LogP contribution >= 0.6 is 0 Å². The number of likely N-dealkylation sites (tertiary alicyclic amines) is 1. The third-order valence-corrected chi connectivity index (χ3v) is 6.34. The molecule has 0 radical (unpaired) electrons. The van der Waals surface area contributed by atoms with E-state index in [1.165, 1.54) is 29.3 Å². The van der Waals surface area contributed by atoms with E-state index in [1.54, 1.807) is 0 Å². The topological polar surface area (TPSA) is 36.3 Å². The molecule has 2 aromatic heterocycles. The Morgan fingerprint density at radius 3 is 2.65 bits per heavy atom. The monoisotopic (exact) mass is 415 g/mol. The molecular weight excluding hydrogens is 382 g/mol. The molecule has 162 valence electrons. The van der Waals surface area contributed by atoms with Crippen molar-refractivity contribution in [3.8, 4) is 12.0 Å². The molecule has 0 amide bonds. The predicted octanol–water partition coefficient (Wildman–Crippen LogP) is 4.31. The first kappa shape index (κ1) is 21.4. The van der Waals surface area contributed by atoms with E-state index in [0.717, 1.165) is 43.3 Å². The molecule has 5 heteroatoms. The molecule has 3 heterocycles. The fraction of sp³-hybridized carbons (Fsp3) is 0.423. The second-order valence-electron chi connectivity index (χ2n) is 8.66. The summed E-state index contributed by atoms with van der Waals surface area (Å²) < 4.78 is 2.30. The molecule has 0 spiro atoms. The van der Waals surface area contributed by atoms with Gasteiger partial charge in [0.25, 0.3) is 0 Å². The maximum Gasteiger partial charge on any atom is 0.0949 e. The van der Waals surface area contributed by atoms with Gasteiger partial charge in [-0.15, -0.1) is 0 Å². The number of pyridine rings is 1. The first-order chi connectivity index (χ1) is 15.0. The van der Waals surface area contributed by atoms with Crippen LogP contribution in [-0.4, -0.2) is 52.6 Å². The van der Waals surface area contributed by atoms with Gasteiger partial charge in [0.2, 0.25) is 0 Å². The lowest BCUT2D eigenvalue weighted by molar-refractivity contribution is 0.140. The third kappa shape index (κ3) is 4.92. The number of aromatic nitrogens is 2. The van der Waals surface area contributed by atoms with E-state index >= 15 is 0 Å². The third-order valence-electron chi connectivity index (χ3n) is 6.34. The van der Waals surface area contributed by atoms with Gasteiger partial charge in [0.05, 0.1) is 17.6 Å². The summed E-state index contributed by atoms with van der Waals surface area (Å²) in [6.45, 7) is 8.39. The summed E-state index contributed by atoms with van der Waals surface area (Å²) in [4.78, 5) is 9.27.